The molecule has 0 fully saturated rings. The number of aromatic nitrogens is 4. The van der Waals surface area contributed by atoms with E-state index in [2.05, 4.69) is 15.2 Å². The number of hydrogen-bond donors (Lipinski definition) is 1. The van der Waals surface area contributed by atoms with Gasteiger partial charge in [-0.3, -0.25) is 0 Å². The average molecular weight is 494 g/mol. The van der Waals surface area contributed by atoms with Crippen LogP contribution in [-0.4, -0.2) is 31.1 Å². The fraction of sp³-hybridized carbons (Fsp3) is 0.261. The molecule has 0 saturated heterocycles. The second-order valence-electron chi connectivity index (χ2n) is 7.85. The molecule has 12 heteroatoms. The highest BCUT2D eigenvalue weighted by Crippen LogP contribution is 2.33. The average Bonchev–Trinajstić information content (AvgIpc) is 3.49. The van der Waals surface area contributed by atoms with E-state index in [-0.39, 0.29) is 30.2 Å². The number of rotatable bonds is 8. The van der Waals surface area contributed by atoms with Crippen molar-refractivity contribution in [3.05, 3.63) is 89.7 Å². The predicted molar refractivity (Wildman–Crippen MR) is 111 cm³/mol. The SMILES string of the molecule is CC(OCc1cc(-c2ccc(C(F)(F)F)cc2)no1)C(O)(Cn1cncn1)c1ccc(F)cc1F. The van der Waals surface area contributed by atoms with Crippen LogP contribution < -0.4 is 0 Å². The topological polar surface area (TPSA) is 86.2 Å². The van der Waals surface area contributed by atoms with Crippen LogP contribution >= 0.6 is 0 Å². The first-order valence-corrected chi connectivity index (χ1v) is 10.3. The van der Waals surface area contributed by atoms with E-state index in [1.165, 1.54) is 42.5 Å². The van der Waals surface area contributed by atoms with Gasteiger partial charge in [-0.25, -0.2) is 18.4 Å². The molecule has 4 rings (SSSR count). The summed E-state index contributed by atoms with van der Waals surface area (Å²) in [5, 5.41) is 19.2. The molecule has 4 aromatic rings. The van der Waals surface area contributed by atoms with Crippen molar-refractivity contribution >= 4 is 0 Å². The smallest absolute Gasteiger partial charge is 0.380 e. The number of benzene rings is 2. The summed E-state index contributed by atoms with van der Waals surface area (Å²) in [6.45, 7) is 1.05. The van der Waals surface area contributed by atoms with Crippen molar-refractivity contribution in [2.45, 2.75) is 38.0 Å². The van der Waals surface area contributed by atoms with Gasteiger partial charge < -0.3 is 14.4 Å². The van der Waals surface area contributed by atoms with Gasteiger partial charge in [0, 0.05) is 23.3 Å². The number of halogens is 5. The summed E-state index contributed by atoms with van der Waals surface area (Å²) < 4.78 is 78.5. The van der Waals surface area contributed by atoms with Gasteiger partial charge in [0.05, 0.1) is 18.2 Å². The molecule has 0 amide bonds. The number of ether oxygens (including phenoxy) is 1. The molecule has 2 heterocycles. The number of aliphatic hydroxyl groups is 1. The first kappa shape index (κ1) is 24.5. The Bertz CT molecular complexity index is 1280. The zero-order valence-corrected chi connectivity index (χ0v) is 18.2. The van der Waals surface area contributed by atoms with E-state index in [1.807, 2.05) is 0 Å². The van der Waals surface area contributed by atoms with Gasteiger partial charge in [0.25, 0.3) is 0 Å². The molecule has 0 saturated carbocycles. The van der Waals surface area contributed by atoms with Crippen LogP contribution in [-0.2, 0) is 29.7 Å². The van der Waals surface area contributed by atoms with Crippen LogP contribution in [0.1, 0.15) is 23.8 Å². The lowest BCUT2D eigenvalue weighted by atomic mass is 9.88. The molecular formula is C23H19F5N4O3. The van der Waals surface area contributed by atoms with Gasteiger partial charge in [0.2, 0.25) is 0 Å². The minimum atomic E-state index is -4.45. The lowest BCUT2D eigenvalue weighted by molar-refractivity contribution is -0.137. The molecule has 0 bridgehead atoms. The van der Waals surface area contributed by atoms with Crippen LogP contribution in [0.4, 0.5) is 22.0 Å². The highest BCUT2D eigenvalue weighted by Gasteiger charge is 2.40. The monoisotopic (exact) mass is 494 g/mol. The molecule has 0 aliphatic heterocycles. The van der Waals surface area contributed by atoms with Gasteiger partial charge in [-0.05, 0) is 25.1 Å². The molecule has 2 aromatic heterocycles. The summed E-state index contributed by atoms with van der Waals surface area (Å²) in [5.41, 5.74) is -2.28. The van der Waals surface area contributed by atoms with Crippen molar-refractivity contribution in [3.8, 4) is 11.3 Å². The summed E-state index contributed by atoms with van der Waals surface area (Å²) in [7, 11) is 0. The normalized spacial score (nSPS) is 14.6. The second kappa shape index (κ2) is 9.55. The second-order valence-corrected chi connectivity index (χ2v) is 7.85. The Morgan fingerprint density at radius 1 is 1.09 bits per heavy atom. The molecular weight excluding hydrogens is 475 g/mol. The highest BCUT2D eigenvalue weighted by atomic mass is 19.4. The Kier molecular flexibility index (Phi) is 6.68. The first-order chi connectivity index (χ1) is 16.6. The number of alkyl halides is 3. The first-order valence-electron chi connectivity index (χ1n) is 10.3. The molecule has 0 aliphatic carbocycles. The van der Waals surface area contributed by atoms with Crippen LogP contribution in [0, 0.1) is 11.6 Å². The van der Waals surface area contributed by atoms with E-state index in [9.17, 15) is 27.1 Å². The minimum Gasteiger partial charge on any atom is -0.380 e. The Morgan fingerprint density at radius 3 is 2.46 bits per heavy atom. The van der Waals surface area contributed by atoms with E-state index in [0.29, 0.717) is 11.6 Å². The van der Waals surface area contributed by atoms with Crippen molar-refractivity contribution < 1.29 is 36.3 Å². The van der Waals surface area contributed by atoms with Crippen LogP contribution in [0.25, 0.3) is 11.3 Å². The van der Waals surface area contributed by atoms with Crippen LogP contribution in [0.15, 0.2) is 65.7 Å². The number of nitrogens with zero attached hydrogens (tertiary/aromatic N) is 4. The molecule has 2 unspecified atom stereocenters. The van der Waals surface area contributed by atoms with Crippen molar-refractivity contribution in [2.75, 3.05) is 0 Å². The molecule has 0 radical (unpaired) electrons. The van der Waals surface area contributed by atoms with Gasteiger partial charge in [0.15, 0.2) is 5.76 Å². The molecule has 2 atom stereocenters. The fourth-order valence-electron chi connectivity index (χ4n) is 3.53. The summed E-state index contributed by atoms with van der Waals surface area (Å²) >= 11 is 0. The zero-order valence-electron chi connectivity index (χ0n) is 18.2. The molecule has 7 nitrogen and oxygen atoms in total. The van der Waals surface area contributed by atoms with Gasteiger partial charge in [-0.15, -0.1) is 0 Å². The lowest BCUT2D eigenvalue weighted by Crippen LogP contribution is -2.44. The van der Waals surface area contributed by atoms with Crippen LogP contribution in [0.5, 0.6) is 0 Å². The van der Waals surface area contributed by atoms with Crippen LogP contribution in [0.3, 0.4) is 0 Å². The summed E-state index contributed by atoms with van der Waals surface area (Å²) in [5.74, 6) is -1.55. The van der Waals surface area contributed by atoms with E-state index in [0.717, 1.165) is 24.3 Å². The third kappa shape index (κ3) is 5.38. The van der Waals surface area contributed by atoms with Crippen molar-refractivity contribution in [2.24, 2.45) is 0 Å². The molecule has 0 aliphatic rings. The van der Waals surface area contributed by atoms with Gasteiger partial charge in [0.1, 0.15) is 42.2 Å². The van der Waals surface area contributed by atoms with E-state index in [1.54, 1.807) is 0 Å². The quantitative estimate of drug-likeness (QED) is 0.357. The predicted octanol–water partition coefficient (Wildman–Crippen LogP) is 4.72. The van der Waals surface area contributed by atoms with Gasteiger partial charge in [-0.2, -0.15) is 18.3 Å². The summed E-state index contributed by atoms with van der Waals surface area (Å²) in [6, 6.07) is 8.67. The molecule has 1 N–H and O–H groups in total. The third-order valence-corrected chi connectivity index (χ3v) is 5.48. The minimum absolute atomic E-state index is 0.197. The molecule has 184 valence electrons. The fourth-order valence-corrected chi connectivity index (χ4v) is 3.53. The third-order valence-electron chi connectivity index (χ3n) is 5.48. The molecule has 2 aromatic carbocycles. The maximum atomic E-state index is 14.6. The van der Waals surface area contributed by atoms with Crippen molar-refractivity contribution in [1.82, 2.24) is 19.9 Å². The maximum Gasteiger partial charge on any atom is 0.416 e. The van der Waals surface area contributed by atoms with E-state index < -0.39 is 35.1 Å². The Balaban J connectivity index is 1.51. The summed E-state index contributed by atoms with van der Waals surface area (Å²) in [4.78, 5) is 3.80. The van der Waals surface area contributed by atoms with Crippen molar-refractivity contribution in [1.29, 1.82) is 0 Å². The number of hydrogen-bond acceptors (Lipinski definition) is 6. The van der Waals surface area contributed by atoms with Gasteiger partial charge in [-0.1, -0.05) is 23.4 Å². The Labute approximate surface area is 195 Å². The van der Waals surface area contributed by atoms with Crippen molar-refractivity contribution in [3.63, 3.8) is 0 Å². The molecule has 0 spiro atoms. The Morgan fingerprint density at radius 2 is 1.83 bits per heavy atom. The zero-order chi connectivity index (χ0) is 25.2. The maximum absolute atomic E-state index is 14.6. The lowest BCUT2D eigenvalue weighted by Gasteiger charge is -2.34. The van der Waals surface area contributed by atoms with Crippen LogP contribution in [0.2, 0.25) is 0 Å². The largest absolute Gasteiger partial charge is 0.416 e. The molecule has 35 heavy (non-hydrogen) atoms. The highest BCUT2D eigenvalue weighted by molar-refractivity contribution is 5.59. The summed E-state index contributed by atoms with van der Waals surface area (Å²) in [6.07, 6.45) is -2.94. The standard InChI is InChI=1S/C23H19F5N4O3/c1-14(22(33,11-32-13-29-12-30-32)19-7-6-17(24)8-20(19)25)34-10-18-9-21(31-35-18)15-2-4-16(5-3-15)23(26,27)28/h2-9,12-14,33H,10-11H2,1H3. The van der Waals surface area contributed by atoms with Gasteiger partial charge >= 0.3 is 6.18 Å². The van der Waals surface area contributed by atoms with E-state index in [4.69, 9.17) is 9.26 Å². The Hall–Kier alpha value is -3.64. The van der Waals surface area contributed by atoms with E-state index >= 15 is 0 Å².